The molecular weight excluding hydrogens is 306 g/mol. The Balaban J connectivity index is 1.83. The van der Waals surface area contributed by atoms with Gasteiger partial charge in [0.2, 0.25) is 0 Å². The Kier molecular flexibility index (Phi) is 4.29. The van der Waals surface area contributed by atoms with Gasteiger partial charge in [0.25, 0.3) is 11.5 Å². The second-order valence-corrected chi connectivity index (χ2v) is 5.65. The van der Waals surface area contributed by atoms with E-state index in [-0.39, 0.29) is 11.5 Å². The molecule has 0 aliphatic rings. The van der Waals surface area contributed by atoms with Crippen molar-refractivity contribution >= 4 is 11.7 Å². The summed E-state index contributed by atoms with van der Waals surface area (Å²) >= 11 is 0. The zero-order valence-electron chi connectivity index (χ0n) is 13.4. The lowest BCUT2D eigenvalue weighted by molar-refractivity contribution is 0.102. The van der Waals surface area contributed by atoms with E-state index in [0.717, 1.165) is 11.1 Å². The van der Waals surface area contributed by atoms with Gasteiger partial charge in [0.05, 0.1) is 12.1 Å². The summed E-state index contributed by atoms with van der Waals surface area (Å²) in [4.78, 5) is 24.3. The minimum atomic E-state index is -0.346. The molecule has 24 heavy (non-hydrogen) atoms. The molecule has 0 unspecified atom stereocenters. The van der Waals surface area contributed by atoms with Crippen LogP contribution in [0, 0.1) is 13.8 Å². The number of pyridine rings is 1. The van der Waals surface area contributed by atoms with Crippen molar-refractivity contribution in [2.75, 3.05) is 5.32 Å². The van der Waals surface area contributed by atoms with Gasteiger partial charge in [-0.3, -0.25) is 9.59 Å². The van der Waals surface area contributed by atoms with E-state index in [4.69, 9.17) is 4.52 Å². The number of rotatable bonds is 4. The van der Waals surface area contributed by atoms with Crippen molar-refractivity contribution in [3.8, 4) is 0 Å². The van der Waals surface area contributed by atoms with Crippen LogP contribution in [0.3, 0.4) is 0 Å². The first-order valence-corrected chi connectivity index (χ1v) is 7.52. The highest BCUT2D eigenvalue weighted by Crippen LogP contribution is 2.10. The Bertz CT molecular complexity index is 940. The normalized spacial score (nSPS) is 10.6. The van der Waals surface area contributed by atoms with Crippen molar-refractivity contribution in [3.63, 3.8) is 0 Å². The summed E-state index contributed by atoms with van der Waals surface area (Å²) in [5.41, 5.74) is 2.34. The number of anilines is 1. The van der Waals surface area contributed by atoms with Crippen LogP contribution in [0.1, 0.15) is 27.2 Å². The first kappa shape index (κ1) is 15.7. The number of hydrogen-bond acceptors (Lipinski definition) is 4. The Morgan fingerprint density at radius 1 is 1.21 bits per heavy atom. The van der Waals surface area contributed by atoms with Gasteiger partial charge in [0, 0.05) is 18.3 Å². The lowest BCUT2D eigenvalue weighted by atomic mass is 10.1. The molecule has 1 amide bonds. The van der Waals surface area contributed by atoms with Crippen molar-refractivity contribution in [2.24, 2.45) is 0 Å². The molecule has 0 spiro atoms. The predicted octanol–water partition coefficient (Wildman–Crippen LogP) is 2.75. The molecular formula is C18H17N3O3. The molecule has 0 aliphatic heterocycles. The molecule has 2 aromatic heterocycles. The van der Waals surface area contributed by atoms with Gasteiger partial charge in [-0.2, -0.15) is 0 Å². The SMILES string of the molecule is Cc1cccc(Cn2cc(C(=O)Nc3cc(C)on3)ccc2=O)c1. The number of aromatic nitrogens is 2. The maximum Gasteiger partial charge on any atom is 0.258 e. The van der Waals surface area contributed by atoms with Gasteiger partial charge in [-0.15, -0.1) is 0 Å². The fraction of sp³-hybridized carbons (Fsp3) is 0.167. The Hall–Kier alpha value is -3.15. The number of benzene rings is 1. The quantitative estimate of drug-likeness (QED) is 0.801. The lowest BCUT2D eigenvalue weighted by Crippen LogP contribution is -2.22. The third-order valence-corrected chi connectivity index (χ3v) is 3.55. The summed E-state index contributed by atoms with van der Waals surface area (Å²) in [5.74, 6) is 0.602. The minimum Gasteiger partial charge on any atom is -0.360 e. The Morgan fingerprint density at radius 3 is 2.75 bits per heavy atom. The van der Waals surface area contributed by atoms with Crippen LogP contribution in [0.2, 0.25) is 0 Å². The minimum absolute atomic E-state index is 0.162. The van der Waals surface area contributed by atoms with Gasteiger partial charge in [-0.1, -0.05) is 35.0 Å². The average Bonchev–Trinajstić information content (AvgIpc) is 2.94. The number of hydrogen-bond donors (Lipinski definition) is 1. The van der Waals surface area contributed by atoms with Gasteiger partial charge >= 0.3 is 0 Å². The van der Waals surface area contributed by atoms with E-state index in [0.29, 0.717) is 23.7 Å². The lowest BCUT2D eigenvalue weighted by Gasteiger charge is -2.09. The molecule has 0 saturated heterocycles. The van der Waals surface area contributed by atoms with Crippen molar-refractivity contribution in [1.29, 1.82) is 0 Å². The molecule has 3 rings (SSSR count). The number of aryl methyl sites for hydroxylation is 2. The molecule has 0 bridgehead atoms. The summed E-state index contributed by atoms with van der Waals surface area (Å²) in [7, 11) is 0. The van der Waals surface area contributed by atoms with E-state index in [1.54, 1.807) is 19.2 Å². The molecule has 0 radical (unpaired) electrons. The third-order valence-electron chi connectivity index (χ3n) is 3.55. The highest BCUT2D eigenvalue weighted by Gasteiger charge is 2.10. The topological polar surface area (TPSA) is 77.1 Å². The molecule has 122 valence electrons. The second-order valence-electron chi connectivity index (χ2n) is 5.65. The van der Waals surface area contributed by atoms with E-state index in [9.17, 15) is 9.59 Å². The van der Waals surface area contributed by atoms with Crippen LogP contribution < -0.4 is 10.9 Å². The van der Waals surface area contributed by atoms with Crippen molar-refractivity contribution in [2.45, 2.75) is 20.4 Å². The number of carbonyl (C=O) groups is 1. The van der Waals surface area contributed by atoms with Crippen LogP contribution in [0.15, 0.2) is 58.0 Å². The van der Waals surface area contributed by atoms with E-state index < -0.39 is 0 Å². The predicted molar refractivity (Wildman–Crippen MR) is 90.2 cm³/mol. The third kappa shape index (κ3) is 3.60. The largest absolute Gasteiger partial charge is 0.360 e. The molecule has 1 N–H and O–H groups in total. The van der Waals surface area contributed by atoms with Crippen LogP contribution in [0.4, 0.5) is 5.82 Å². The van der Waals surface area contributed by atoms with E-state index in [1.165, 1.54) is 16.7 Å². The first-order valence-electron chi connectivity index (χ1n) is 7.52. The van der Waals surface area contributed by atoms with E-state index >= 15 is 0 Å². The number of nitrogens with zero attached hydrogens (tertiary/aromatic N) is 2. The molecule has 0 atom stereocenters. The van der Waals surface area contributed by atoms with Crippen molar-refractivity contribution in [3.05, 3.63) is 81.5 Å². The molecule has 0 saturated carbocycles. The van der Waals surface area contributed by atoms with Crippen molar-refractivity contribution in [1.82, 2.24) is 9.72 Å². The number of carbonyl (C=O) groups excluding carboxylic acids is 1. The number of amides is 1. The van der Waals surface area contributed by atoms with E-state index in [1.807, 2.05) is 31.2 Å². The highest BCUT2D eigenvalue weighted by molar-refractivity contribution is 6.03. The summed E-state index contributed by atoms with van der Waals surface area (Å²) < 4.78 is 6.43. The average molecular weight is 323 g/mol. The summed E-state index contributed by atoms with van der Waals surface area (Å²) in [6.07, 6.45) is 1.55. The fourth-order valence-corrected chi connectivity index (χ4v) is 2.41. The molecule has 3 aromatic rings. The van der Waals surface area contributed by atoms with Gasteiger partial charge in [0.15, 0.2) is 5.82 Å². The summed E-state index contributed by atoms with van der Waals surface area (Å²) in [6, 6.07) is 12.4. The van der Waals surface area contributed by atoms with Crippen LogP contribution >= 0.6 is 0 Å². The highest BCUT2D eigenvalue weighted by atomic mass is 16.5. The van der Waals surface area contributed by atoms with Crippen LogP contribution in [0.25, 0.3) is 0 Å². The summed E-state index contributed by atoms with van der Waals surface area (Å²) in [6.45, 7) is 4.14. The molecule has 6 nitrogen and oxygen atoms in total. The van der Waals surface area contributed by atoms with Gasteiger partial charge in [-0.25, -0.2) is 0 Å². The standard InChI is InChI=1S/C18H17N3O3/c1-12-4-3-5-14(8-12)10-21-11-15(6-7-17(21)22)18(23)19-16-9-13(2)24-20-16/h3-9,11H,10H2,1-2H3,(H,19,20,23). The molecule has 2 heterocycles. The second kappa shape index (κ2) is 6.54. The van der Waals surface area contributed by atoms with Crippen LogP contribution in [-0.4, -0.2) is 15.6 Å². The van der Waals surface area contributed by atoms with Gasteiger partial charge in [0.1, 0.15) is 5.76 Å². The number of nitrogens with one attached hydrogen (secondary N) is 1. The van der Waals surface area contributed by atoms with Gasteiger partial charge < -0.3 is 14.4 Å². The monoisotopic (exact) mass is 323 g/mol. The first-order chi connectivity index (χ1) is 11.5. The molecule has 0 aliphatic carbocycles. The maximum atomic E-state index is 12.3. The molecule has 0 fully saturated rings. The van der Waals surface area contributed by atoms with Gasteiger partial charge in [-0.05, 0) is 25.5 Å². The van der Waals surface area contributed by atoms with E-state index in [2.05, 4.69) is 10.5 Å². The zero-order valence-corrected chi connectivity index (χ0v) is 13.4. The van der Waals surface area contributed by atoms with Crippen LogP contribution in [0.5, 0.6) is 0 Å². The van der Waals surface area contributed by atoms with Crippen LogP contribution in [-0.2, 0) is 6.54 Å². The van der Waals surface area contributed by atoms with Crippen molar-refractivity contribution < 1.29 is 9.32 Å². The maximum absolute atomic E-state index is 12.3. The fourth-order valence-electron chi connectivity index (χ4n) is 2.41. The molecule has 6 heteroatoms. The summed E-state index contributed by atoms with van der Waals surface area (Å²) in [5, 5.41) is 6.36. The smallest absolute Gasteiger partial charge is 0.258 e. The Morgan fingerprint density at radius 2 is 2.04 bits per heavy atom. The zero-order chi connectivity index (χ0) is 17.1. The Labute approximate surface area is 138 Å². The molecule has 1 aromatic carbocycles.